The lowest BCUT2D eigenvalue weighted by molar-refractivity contribution is -0.147. The maximum atomic E-state index is 11.5. The minimum absolute atomic E-state index is 0.728. The van der Waals surface area contributed by atoms with E-state index < -0.39 is 11.4 Å². The Morgan fingerprint density at radius 2 is 1.18 bits per heavy atom. The fraction of sp³-hybridized carbons (Fsp3) is 0.133. The molecule has 2 heteroatoms. The van der Waals surface area contributed by atoms with Crippen LogP contribution in [0, 0.1) is 0 Å². The first-order valence-corrected chi connectivity index (χ1v) is 5.48. The van der Waals surface area contributed by atoms with Crippen molar-refractivity contribution < 1.29 is 9.90 Å². The monoisotopic (exact) mass is 225 g/mol. The molecule has 0 aromatic heterocycles. The highest BCUT2D eigenvalue weighted by molar-refractivity contribution is 5.85. The second kappa shape index (κ2) is 4.42. The Morgan fingerprint density at radius 1 is 0.824 bits per heavy atom. The van der Waals surface area contributed by atoms with Crippen molar-refractivity contribution >= 4 is 5.97 Å². The number of carbonyl (C=O) groups excluding carboxylic acids is 1. The van der Waals surface area contributed by atoms with Crippen molar-refractivity contribution in [2.45, 2.75) is 12.3 Å². The molecule has 2 aromatic rings. The number of carbonyl (C=O) groups is 1. The van der Waals surface area contributed by atoms with Crippen LogP contribution >= 0.6 is 0 Å². The van der Waals surface area contributed by atoms with Crippen molar-refractivity contribution in [3.63, 3.8) is 0 Å². The van der Waals surface area contributed by atoms with Crippen LogP contribution in [-0.2, 0) is 15.3 Å². The van der Waals surface area contributed by atoms with E-state index in [-0.39, 0.29) is 0 Å². The van der Waals surface area contributed by atoms with Crippen molar-refractivity contribution in [2.24, 2.45) is 0 Å². The summed E-state index contributed by atoms with van der Waals surface area (Å²) in [5.74, 6) is -1.09. The van der Waals surface area contributed by atoms with Crippen LogP contribution in [0.2, 0.25) is 0 Å². The molecule has 2 nitrogen and oxygen atoms in total. The van der Waals surface area contributed by atoms with E-state index >= 15 is 0 Å². The molecule has 0 spiro atoms. The van der Waals surface area contributed by atoms with Gasteiger partial charge in [0.25, 0.3) is 0 Å². The van der Waals surface area contributed by atoms with Gasteiger partial charge in [-0.1, -0.05) is 60.7 Å². The SMILES string of the molecule is CC(C([O])=O)(c1ccccc1)c1ccccc1. The highest BCUT2D eigenvalue weighted by Crippen LogP contribution is 2.32. The number of rotatable bonds is 3. The molecule has 85 valence electrons. The Kier molecular flexibility index (Phi) is 2.96. The van der Waals surface area contributed by atoms with Gasteiger partial charge >= 0.3 is 5.97 Å². The lowest BCUT2D eigenvalue weighted by Gasteiger charge is -2.24. The van der Waals surface area contributed by atoms with Gasteiger partial charge < -0.3 is 0 Å². The molecule has 0 amide bonds. The first-order valence-electron chi connectivity index (χ1n) is 5.48. The molecule has 0 aliphatic rings. The molecule has 2 rings (SSSR count). The molecule has 0 unspecified atom stereocenters. The van der Waals surface area contributed by atoms with Crippen LogP contribution in [0.4, 0.5) is 0 Å². The van der Waals surface area contributed by atoms with E-state index in [0.717, 1.165) is 11.1 Å². The lowest BCUT2D eigenvalue weighted by Crippen LogP contribution is -2.32. The second-order valence-electron chi connectivity index (χ2n) is 4.14. The Bertz CT molecular complexity index is 463. The minimum Gasteiger partial charge on any atom is -0.246 e. The average molecular weight is 225 g/mol. The third-order valence-corrected chi connectivity index (χ3v) is 3.11. The second-order valence-corrected chi connectivity index (χ2v) is 4.14. The van der Waals surface area contributed by atoms with Crippen LogP contribution < -0.4 is 0 Å². The normalized spacial score (nSPS) is 11.1. The van der Waals surface area contributed by atoms with Gasteiger partial charge in [0.05, 0.1) is 0 Å². The first kappa shape index (κ1) is 11.4. The number of benzene rings is 2. The van der Waals surface area contributed by atoms with E-state index in [0.29, 0.717) is 0 Å². The van der Waals surface area contributed by atoms with E-state index in [4.69, 9.17) is 0 Å². The quantitative estimate of drug-likeness (QED) is 0.791. The predicted octanol–water partition coefficient (Wildman–Crippen LogP) is 2.95. The van der Waals surface area contributed by atoms with Gasteiger partial charge in [0.15, 0.2) is 0 Å². The summed E-state index contributed by atoms with van der Waals surface area (Å²) < 4.78 is 0. The molecular formula is C15H13O2. The van der Waals surface area contributed by atoms with Crippen LogP contribution in [0.15, 0.2) is 60.7 Å². The van der Waals surface area contributed by atoms with Gasteiger partial charge in [-0.3, -0.25) is 0 Å². The van der Waals surface area contributed by atoms with Gasteiger partial charge in [-0.15, -0.1) is 0 Å². The van der Waals surface area contributed by atoms with Crippen molar-refractivity contribution in [1.82, 2.24) is 0 Å². The molecular weight excluding hydrogens is 212 g/mol. The Labute approximate surface area is 101 Å². The molecule has 0 N–H and O–H groups in total. The van der Waals surface area contributed by atoms with Crippen molar-refractivity contribution in [2.75, 3.05) is 0 Å². The topological polar surface area (TPSA) is 37.0 Å². The zero-order valence-corrected chi connectivity index (χ0v) is 9.59. The third-order valence-electron chi connectivity index (χ3n) is 3.11. The van der Waals surface area contributed by atoms with Gasteiger partial charge in [-0.25, -0.2) is 9.90 Å². The molecule has 17 heavy (non-hydrogen) atoms. The van der Waals surface area contributed by atoms with E-state index in [1.807, 2.05) is 60.7 Å². The van der Waals surface area contributed by atoms with Gasteiger partial charge in [-0.2, -0.15) is 0 Å². The summed E-state index contributed by atoms with van der Waals surface area (Å²) in [5, 5.41) is 11.5. The molecule has 0 saturated heterocycles. The average Bonchev–Trinajstić information content (AvgIpc) is 2.39. The Hall–Kier alpha value is -2.09. The first-order chi connectivity index (χ1) is 8.15. The van der Waals surface area contributed by atoms with Crippen molar-refractivity contribution in [3.05, 3.63) is 71.8 Å². The zero-order valence-electron chi connectivity index (χ0n) is 9.59. The Balaban J connectivity index is 2.59. The summed E-state index contributed by atoms with van der Waals surface area (Å²) in [4.78, 5) is 11.5. The Morgan fingerprint density at radius 3 is 1.47 bits per heavy atom. The number of hydrogen-bond donors (Lipinski definition) is 0. The largest absolute Gasteiger partial charge is 0.370 e. The molecule has 0 fully saturated rings. The maximum Gasteiger partial charge on any atom is 0.370 e. The molecule has 2 aromatic carbocycles. The molecule has 0 saturated carbocycles. The summed E-state index contributed by atoms with van der Waals surface area (Å²) in [6.45, 7) is 1.67. The molecule has 0 aliphatic carbocycles. The summed E-state index contributed by atoms with van der Waals surface area (Å²) in [7, 11) is 0. The van der Waals surface area contributed by atoms with E-state index in [1.165, 1.54) is 0 Å². The minimum atomic E-state index is -1.11. The molecule has 0 aliphatic heterocycles. The summed E-state index contributed by atoms with van der Waals surface area (Å²) in [6.07, 6.45) is 0. The predicted molar refractivity (Wildman–Crippen MR) is 65.0 cm³/mol. The third kappa shape index (κ3) is 1.94. The summed E-state index contributed by atoms with van der Waals surface area (Å²) in [6, 6.07) is 18.3. The standard InChI is InChI=1S/C15H13O2/c1-15(14(16)17,12-8-4-2-5-9-12)13-10-6-3-7-11-13/h2-11H,1H3. The summed E-state index contributed by atoms with van der Waals surface area (Å²) in [5.41, 5.74) is 0.347. The van der Waals surface area contributed by atoms with E-state index in [2.05, 4.69) is 0 Å². The molecule has 0 atom stereocenters. The van der Waals surface area contributed by atoms with Gasteiger partial charge in [0.2, 0.25) is 0 Å². The molecule has 0 bridgehead atoms. The summed E-state index contributed by atoms with van der Waals surface area (Å²) >= 11 is 0. The lowest BCUT2D eigenvalue weighted by atomic mass is 9.76. The van der Waals surface area contributed by atoms with Crippen molar-refractivity contribution in [1.29, 1.82) is 0 Å². The van der Waals surface area contributed by atoms with Gasteiger partial charge in [-0.05, 0) is 18.1 Å². The molecule has 0 heterocycles. The van der Waals surface area contributed by atoms with Crippen LogP contribution in [0.5, 0.6) is 0 Å². The fourth-order valence-corrected chi connectivity index (χ4v) is 1.95. The van der Waals surface area contributed by atoms with Crippen molar-refractivity contribution in [3.8, 4) is 0 Å². The highest BCUT2D eigenvalue weighted by Gasteiger charge is 2.38. The van der Waals surface area contributed by atoms with Gasteiger partial charge in [0, 0.05) is 0 Å². The van der Waals surface area contributed by atoms with Crippen LogP contribution in [0.1, 0.15) is 18.1 Å². The van der Waals surface area contributed by atoms with Gasteiger partial charge in [0.1, 0.15) is 5.41 Å². The van der Waals surface area contributed by atoms with E-state index in [1.54, 1.807) is 6.92 Å². The van der Waals surface area contributed by atoms with Crippen LogP contribution in [0.3, 0.4) is 0 Å². The fourth-order valence-electron chi connectivity index (χ4n) is 1.95. The number of hydrogen-bond acceptors (Lipinski definition) is 1. The smallest absolute Gasteiger partial charge is 0.246 e. The maximum absolute atomic E-state index is 11.5. The van der Waals surface area contributed by atoms with Crippen LogP contribution in [0.25, 0.3) is 0 Å². The van der Waals surface area contributed by atoms with Crippen LogP contribution in [-0.4, -0.2) is 5.97 Å². The highest BCUT2D eigenvalue weighted by atomic mass is 16.4. The van der Waals surface area contributed by atoms with E-state index in [9.17, 15) is 9.90 Å². The zero-order chi connectivity index (χ0) is 12.3. The molecule has 1 radical (unpaired) electrons.